The molecule has 0 saturated carbocycles. The second kappa shape index (κ2) is 17.4. The predicted molar refractivity (Wildman–Crippen MR) is 252 cm³/mol. The minimum absolute atomic E-state index is 0.204. The lowest BCUT2D eigenvalue weighted by molar-refractivity contribution is 0.648. The first-order valence-corrected chi connectivity index (χ1v) is 22.0. The molecule has 2 unspecified atom stereocenters. The highest BCUT2D eigenvalue weighted by Crippen LogP contribution is 2.43. The Morgan fingerprint density at radius 1 is 0.492 bits per heavy atom. The fraction of sp³-hybridized carbons (Fsp3) is 0.207. The van der Waals surface area contributed by atoms with Crippen LogP contribution in [0, 0.1) is 5.92 Å². The molecule has 292 valence electrons. The van der Waals surface area contributed by atoms with Crippen LogP contribution in [0.4, 0.5) is 0 Å². The molecule has 3 aliphatic carbocycles. The Bertz CT molecular complexity index is 2580. The molecule has 1 aromatic heterocycles. The van der Waals surface area contributed by atoms with Crippen LogP contribution in [0.3, 0.4) is 0 Å². The predicted octanol–water partition coefficient (Wildman–Crippen LogP) is 15.3. The van der Waals surface area contributed by atoms with Gasteiger partial charge in [-0.05, 0) is 154 Å². The lowest BCUT2D eigenvalue weighted by Gasteiger charge is -2.26. The van der Waals surface area contributed by atoms with Gasteiger partial charge in [-0.25, -0.2) is 0 Å². The summed E-state index contributed by atoms with van der Waals surface area (Å²) in [6.07, 6.45) is 17.8. The zero-order valence-electron chi connectivity index (χ0n) is 34.9. The van der Waals surface area contributed by atoms with Crippen molar-refractivity contribution in [2.75, 3.05) is 0 Å². The van der Waals surface area contributed by atoms with E-state index in [-0.39, 0.29) is 5.92 Å². The quantitative estimate of drug-likeness (QED) is 0.142. The van der Waals surface area contributed by atoms with Gasteiger partial charge in [-0.15, -0.1) is 0 Å². The van der Waals surface area contributed by atoms with E-state index < -0.39 is 0 Å². The van der Waals surface area contributed by atoms with Gasteiger partial charge in [0.1, 0.15) is 0 Å². The molecule has 2 atom stereocenters. The maximum Gasteiger partial charge on any atom is 0.0464 e. The van der Waals surface area contributed by atoms with E-state index in [1.54, 1.807) is 16.8 Å². The van der Waals surface area contributed by atoms with Gasteiger partial charge in [-0.1, -0.05) is 172 Å². The summed E-state index contributed by atoms with van der Waals surface area (Å²) >= 11 is 0. The van der Waals surface area contributed by atoms with E-state index in [9.17, 15) is 0 Å². The molecule has 6 aromatic carbocycles. The highest BCUT2D eigenvalue weighted by molar-refractivity contribution is 5.88. The molecule has 7 aromatic rings. The molecule has 0 amide bonds. The molecule has 3 aliphatic rings. The first-order valence-electron chi connectivity index (χ1n) is 22.0. The lowest BCUT2D eigenvalue weighted by Crippen LogP contribution is -2.11. The molecule has 1 heteroatoms. The van der Waals surface area contributed by atoms with Gasteiger partial charge < -0.3 is 4.57 Å². The van der Waals surface area contributed by atoms with Crippen LogP contribution in [0.5, 0.6) is 0 Å². The SMILES string of the molecule is CC.CC1C=CCc2c3c(n(-c4cc(-c5cc(-c6ccccc6)cc(-c6ccccc6)c5)cc(C5C=C(c6ccccc6)C=C(c6ccccc6)C5)c4)c2C1)CCCC3. The van der Waals surface area contributed by atoms with Crippen molar-refractivity contribution in [1.82, 2.24) is 4.57 Å². The van der Waals surface area contributed by atoms with Gasteiger partial charge in [0, 0.05) is 23.0 Å². The fourth-order valence-electron chi connectivity index (χ4n) is 9.71. The Hall–Kier alpha value is -6.18. The van der Waals surface area contributed by atoms with Crippen LogP contribution in [-0.2, 0) is 25.7 Å². The molecular formula is C58H55N. The summed E-state index contributed by atoms with van der Waals surface area (Å²) in [5.74, 6) is 0.712. The molecule has 10 rings (SSSR count). The average Bonchev–Trinajstić information content (AvgIpc) is 3.48. The molecule has 0 radical (unpaired) electrons. The van der Waals surface area contributed by atoms with E-state index in [2.05, 4.69) is 194 Å². The monoisotopic (exact) mass is 765 g/mol. The molecule has 1 heterocycles. The minimum Gasteiger partial charge on any atom is -0.317 e. The Kier molecular flexibility index (Phi) is 11.3. The Balaban J connectivity index is 0.00000221. The van der Waals surface area contributed by atoms with Gasteiger partial charge in [0.2, 0.25) is 0 Å². The molecule has 1 nitrogen and oxygen atoms in total. The van der Waals surface area contributed by atoms with Crippen LogP contribution in [0.2, 0.25) is 0 Å². The van der Waals surface area contributed by atoms with Crippen LogP contribution in [-0.4, -0.2) is 4.57 Å². The number of aromatic nitrogens is 1. The van der Waals surface area contributed by atoms with Crippen molar-refractivity contribution in [3.63, 3.8) is 0 Å². The van der Waals surface area contributed by atoms with E-state index in [1.807, 2.05) is 13.8 Å². The van der Waals surface area contributed by atoms with Crippen molar-refractivity contribution in [3.05, 3.63) is 221 Å². The van der Waals surface area contributed by atoms with Crippen molar-refractivity contribution in [1.29, 1.82) is 0 Å². The Labute approximate surface area is 352 Å². The third-order valence-electron chi connectivity index (χ3n) is 12.5. The number of nitrogens with zero attached hydrogens (tertiary/aromatic N) is 1. The van der Waals surface area contributed by atoms with Crippen molar-refractivity contribution in [3.8, 4) is 39.1 Å². The maximum atomic E-state index is 2.73. The molecular weight excluding hydrogens is 711 g/mol. The normalized spacial score (nSPS) is 17.1. The van der Waals surface area contributed by atoms with Crippen molar-refractivity contribution >= 4 is 11.1 Å². The maximum absolute atomic E-state index is 2.73. The first kappa shape index (κ1) is 38.3. The Morgan fingerprint density at radius 3 is 1.66 bits per heavy atom. The molecule has 0 fully saturated rings. The zero-order valence-corrected chi connectivity index (χ0v) is 34.9. The summed E-state index contributed by atoms with van der Waals surface area (Å²) < 4.78 is 2.73. The highest BCUT2D eigenvalue weighted by Gasteiger charge is 2.28. The van der Waals surface area contributed by atoms with E-state index in [1.165, 1.54) is 91.9 Å². The summed E-state index contributed by atoms with van der Waals surface area (Å²) in [5, 5.41) is 0. The fourth-order valence-corrected chi connectivity index (χ4v) is 9.71. The lowest BCUT2D eigenvalue weighted by atomic mass is 9.80. The molecule has 0 bridgehead atoms. The van der Waals surface area contributed by atoms with Gasteiger partial charge in [0.25, 0.3) is 0 Å². The molecule has 0 N–H and O–H groups in total. The second-order valence-corrected chi connectivity index (χ2v) is 16.4. The first-order chi connectivity index (χ1) is 29.1. The van der Waals surface area contributed by atoms with Crippen molar-refractivity contribution in [2.45, 2.75) is 71.6 Å². The van der Waals surface area contributed by atoms with Gasteiger partial charge in [-0.3, -0.25) is 0 Å². The summed E-state index contributed by atoms with van der Waals surface area (Å²) in [5.41, 5.74) is 21.7. The van der Waals surface area contributed by atoms with Crippen LogP contribution in [0.25, 0.3) is 50.2 Å². The van der Waals surface area contributed by atoms with E-state index in [4.69, 9.17) is 0 Å². The summed E-state index contributed by atoms with van der Waals surface area (Å²) in [4.78, 5) is 0. The largest absolute Gasteiger partial charge is 0.317 e. The summed E-state index contributed by atoms with van der Waals surface area (Å²) in [6.45, 7) is 6.39. The standard InChI is InChI=1S/C56H49N.C2H6/c1-39-17-16-27-54-53-26-14-15-28-55(53)57(56(54)29-39)52-37-50(48-32-44(40-18-6-2-7-19-40)30-45(33-48)41-20-8-3-9-21-41)36-51(38-52)49-34-46(42-22-10-4-11-23-42)31-47(35-49)43-24-12-5-13-25-43;1-2/h2-13,16-25,30-34,36-39,49H,14-15,26-29,35H2,1H3;1-2H3. The molecule has 0 aliphatic heterocycles. The number of rotatable bonds is 7. The average molecular weight is 766 g/mol. The van der Waals surface area contributed by atoms with Gasteiger partial charge >= 0.3 is 0 Å². The number of hydrogen-bond donors (Lipinski definition) is 0. The minimum atomic E-state index is 0.204. The van der Waals surface area contributed by atoms with E-state index >= 15 is 0 Å². The number of allylic oxidation sites excluding steroid dienone is 6. The second-order valence-electron chi connectivity index (χ2n) is 16.4. The van der Waals surface area contributed by atoms with Gasteiger partial charge in [0.05, 0.1) is 0 Å². The van der Waals surface area contributed by atoms with Crippen LogP contribution in [0.15, 0.2) is 182 Å². The van der Waals surface area contributed by atoms with Gasteiger partial charge in [0.15, 0.2) is 0 Å². The topological polar surface area (TPSA) is 4.93 Å². The molecule has 59 heavy (non-hydrogen) atoms. The van der Waals surface area contributed by atoms with E-state index in [0.717, 1.165) is 25.7 Å². The third kappa shape index (κ3) is 8.00. The summed E-state index contributed by atoms with van der Waals surface area (Å²) in [6, 6.07) is 58.5. The van der Waals surface area contributed by atoms with Crippen molar-refractivity contribution in [2.24, 2.45) is 5.92 Å². The van der Waals surface area contributed by atoms with Crippen LogP contribution in [0.1, 0.15) is 85.2 Å². The Morgan fingerprint density at radius 2 is 1.03 bits per heavy atom. The summed E-state index contributed by atoms with van der Waals surface area (Å²) in [7, 11) is 0. The number of hydrogen-bond acceptors (Lipinski definition) is 0. The third-order valence-corrected chi connectivity index (χ3v) is 12.5. The molecule has 0 spiro atoms. The molecule has 0 saturated heterocycles. The van der Waals surface area contributed by atoms with E-state index in [0.29, 0.717) is 5.92 Å². The smallest absolute Gasteiger partial charge is 0.0464 e. The van der Waals surface area contributed by atoms with Crippen LogP contribution < -0.4 is 0 Å². The van der Waals surface area contributed by atoms with Crippen LogP contribution >= 0.6 is 0 Å². The number of benzene rings is 6. The van der Waals surface area contributed by atoms with Gasteiger partial charge in [-0.2, -0.15) is 0 Å². The zero-order chi connectivity index (χ0) is 40.1. The van der Waals surface area contributed by atoms with Crippen molar-refractivity contribution < 1.29 is 0 Å². The number of fused-ring (bicyclic) bond motifs is 3. The highest BCUT2D eigenvalue weighted by atomic mass is 15.0.